The summed E-state index contributed by atoms with van der Waals surface area (Å²) >= 11 is 0. The second kappa shape index (κ2) is 6.11. The van der Waals surface area contributed by atoms with Gasteiger partial charge in [-0.05, 0) is 23.8 Å². The molecule has 0 aliphatic heterocycles. The summed E-state index contributed by atoms with van der Waals surface area (Å²) in [6.45, 7) is 0.229. The number of hydrogen-bond acceptors (Lipinski definition) is 3. The van der Waals surface area contributed by atoms with Gasteiger partial charge < -0.3 is 5.73 Å². The van der Waals surface area contributed by atoms with Crippen molar-refractivity contribution in [2.24, 2.45) is 0 Å². The highest BCUT2D eigenvalue weighted by Gasteiger charge is 2.18. The molecule has 112 valence electrons. The highest BCUT2D eigenvalue weighted by molar-refractivity contribution is 7.90. The van der Waals surface area contributed by atoms with E-state index in [1.807, 2.05) is 30.3 Å². The molecule has 0 heterocycles. The van der Waals surface area contributed by atoms with Gasteiger partial charge in [-0.2, -0.15) is 12.7 Å². The molecule has 0 fully saturated rings. The fraction of sp³-hybridized carbons (Fsp3) is 0.143. The van der Waals surface area contributed by atoms with Crippen molar-refractivity contribution in [2.75, 3.05) is 17.5 Å². The van der Waals surface area contributed by atoms with E-state index in [4.69, 9.17) is 5.73 Å². The Labute approximate surface area is 123 Å². The zero-order valence-corrected chi connectivity index (χ0v) is 12.3. The molecule has 5 nitrogen and oxygen atoms in total. The monoisotopic (exact) mass is 309 g/mol. The summed E-state index contributed by atoms with van der Waals surface area (Å²) in [5.41, 5.74) is 6.39. The number of hydrogen-bond donors (Lipinski definition) is 2. The van der Waals surface area contributed by atoms with Crippen molar-refractivity contribution in [3.05, 3.63) is 59.9 Å². The van der Waals surface area contributed by atoms with Gasteiger partial charge in [-0.15, -0.1) is 0 Å². The number of anilines is 2. The number of nitrogen functional groups attached to an aromatic ring is 1. The van der Waals surface area contributed by atoms with Crippen LogP contribution in [0.4, 0.5) is 15.8 Å². The molecule has 2 rings (SSSR count). The molecule has 3 N–H and O–H groups in total. The summed E-state index contributed by atoms with van der Waals surface area (Å²) in [5.74, 6) is -0.587. The van der Waals surface area contributed by atoms with E-state index in [1.54, 1.807) is 0 Å². The van der Waals surface area contributed by atoms with E-state index < -0.39 is 16.0 Å². The number of halogens is 1. The van der Waals surface area contributed by atoms with Crippen molar-refractivity contribution >= 4 is 21.6 Å². The molecule has 21 heavy (non-hydrogen) atoms. The van der Waals surface area contributed by atoms with E-state index in [2.05, 4.69) is 4.72 Å². The molecule has 0 radical (unpaired) electrons. The SMILES string of the molecule is CN(Cc1ccccc1)S(=O)(=O)Nc1ccc(F)c(N)c1. The number of nitrogens with zero attached hydrogens (tertiary/aromatic N) is 1. The van der Waals surface area contributed by atoms with Gasteiger partial charge >= 0.3 is 10.2 Å². The standard InChI is InChI=1S/C14H16FN3O2S/c1-18(10-11-5-3-2-4-6-11)21(19,20)17-12-7-8-13(15)14(16)9-12/h2-9,17H,10,16H2,1H3. The van der Waals surface area contributed by atoms with Crippen LogP contribution in [0.5, 0.6) is 0 Å². The Hall–Kier alpha value is -2.12. The van der Waals surface area contributed by atoms with Gasteiger partial charge in [0.15, 0.2) is 0 Å². The van der Waals surface area contributed by atoms with Gasteiger partial charge in [0.25, 0.3) is 0 Å². The van der Waals surface area contributed by atoms with Crippen molar-refractivity contribution in [1.29, 1.82) is 0 Å². The molecule has 0 saturated heterocycles. The molecule has 2 aromatic carbocycles. The minimum absolute atomic E-state index is 0.110. The van der Waals surface area contributed by atoms with Crippen molar-refractivity contribution in [2.45, 2.75) is 6.54 Å². The topological polar surface area (TPSA) is 75.4 Å². The lowest BCUT2D eigenvalue weighted by Gasteiger charge is -2.18. The predicted molar refractivity (Wildman–Crippen MR) is 81.3 cm³/mol. The summed E-state index contributed by atoms with van der Waals surface area (Å²) in [6, 6.07) is 12.9. The van der Waals surface area contributed by atoms with E-state index in [1.165, 1.54) is 23.5 Å². The van der Waals surface area contributed by atoms with Crippen molar-refractivity contribution in [1.82, 2.24) is 4.31 Å². The minimum Gasteiger partial charge on any atom is -0.396 e. The van der Waals surface area contributed by atoms with Crippen molar-refractivity contribution in [3.8, 4) is 0 Å². The molecule has 0 unspecified atom stereocenters. The lowest BCUT2D eigenvalue weighted by atomic mass is 10.2. The summed E-state index contributed by atoms with van der Waals surface area (Å²) in [7, 11) is -2.28. The number of nitrogens with one attached hydrogen (secondary N) is 1. The van der Waals surface area contributed by atoms with Gasteiger partial charge in [0.05, 0.1) is 11.4 Å². The Kier molecular flexibility index (Phi) is 4.44. The van der Waals surface area contributed by atoms with Gasteiger partial charge in [-0.3, -0.25) is 4.72 Å². The molecule has 0 atom stereocenters. The lowest BCUT2D eigenvalue weighted by Crippen LogP contribution is -2.32. The van der Waals surface area contributed by atoms with Crippen LogP contribution >= 0.6 is 0 Å². The molecule has 0 amide bonds. The number of benzene rings is 2. The lowest BCUT2D eigenvalue weighted by molar-refractivity contribution is 0.471. The average molecular weight is 309 g/mol. The fourth-order valence-corrected chi connectivity index (χ4v) is 2.66. The van der Waals surface area contributed by atoms with E-state index in [-0.39, 0.29) is 17.9 Å². The molecule has 0 saturated carbocycles. The Morgan fingerprint density at radius 1 is 1.19 bits per heavy atom. The first kappa shape index (κ1) is 15.3. The van der Waals surface area contributed by atoms with Gasteiger partial charge in [0.2, 0.25) is 0 Å². The van der Waals surface area contributed by atoms with Crippen molar-refractivity contribution in [3.63, 3.8) is 0 Å². The number of nitrogens with two attached hydrogens (primary N) is 1. The third kappa shape index (κ3) is 3.93. The quantitative estimate of drug-likeness (QED) is 0.831. The Balaban J connectivity index is 2.12. The zero-order chi connectivity index (χ0) is 15.5. The summed E-state index contributed by atoms with van der Waals surface area (Å²) < 4.78 is 41.0. The maximum Gasteiger partial charge on any atom is 0.301 e. The minimum atomic E-state index is -3.74. The normalized spacial score (nSPS) is 11.6. The van der Waals surface area contributed by atoms with Crippen LogP contribution in [-0.2, 0) is 16.8 Å². The zero-order valence-electron chi connectivity index (χ0n) is 11.5. The predicted octanol–water partition coefficient (Wildman–Crippen LogP) is 2.20. The molecule has 0 spiro atoms. The van der Waals surface area contributed by atoms with E-state index in [0.29, 0.717) is 0 Å². The third-order valence-corrected chi connectivity index (χ3v) is 4.34. The second-order valence-electron chi connectivity index (χ2n) is 4.59. The molecular formula is C14H16FN3O2S. The maximum atomic E-state index is 13.1. The van der Waals surface area contributed by atoms with Crippen LogP contribution in [0.2, 0.25) is 0 Å². The first-order valence-electron chi connectivity index (χ1n) is 6.21. The average Bonchev–Trinajstić information content (AvgIpc) is 2.43. The Morgan fingerprint density at radius 3 is 2.48 bits per heavy atom. The molecule has 0 aromatic heterocycles. The van der Waals surface area contributed by atoms with Gasteiger partial charge in [-0.25, -0.2) is 4.39 Å². The van der Waals surface area contributed by atoms with Crippen molar-refractivity contribution < 1.29 is 12.8 Å². The molecule has 0 aliphatic carbocycles. The van der Waals surface area contributed by atoms with Crippen LogP contribution in [-0.4, -0.2) is 19.8 Å². The third-order valence-electron chi connectivity index (χ3n) is 2.90. The van der Waals surface area contributed by atoms with Gasteiger partial charge in [0, 0.05) is 13.6 Å². The molecule has 0 bridgehead atoms. The summed E-state index contributed by atoms with van der Waals surface area (Å²) in [4.78, 5) is 0. The summed E-state index contributed by atoms with van der Waals surface area (Å²) in [5, 5.41) is 0. The first-order valence-corrected chi connectivity index (χ1v) is 7.65. The van der Waals surface area contributed by atoms with E-state index >= 15 is 0 Å². The Morgan fingerprint density at radius 2 is 1.86 bits per heavy atom. The fourth-order valence-electron chi connectivity index (χ4n) is 1.76. The highest BCUT2D eigenvalue weighted by atomic mass is 32.2. The van der Waals surface area contributed by atoms with Crippen LogP contribution < -0.4 is 10.5 Å². The summed E-state index contributed by atoms with van der Waals surface area (Å²) in [6.07, 6.45) is 0. The molecule has 0 aliphatic rings. The van der Waals surface area contributed by atoms with Crippen LogP contribution in [0, 0.1) is 5.82 Å². The second-order valence-corrected chi connectivity index (χ2v) is 6.36. The van der Waals surface area contributed by atoms with E-state index in [9.17, 15) is 12.8 Å². The maximum absolute atomic E-state index is 13.1. The smallest absolute Gasteiger partial charge is 0.301 e. The highest BCUT2D eigenvalue weighted by Crippen LogP contribution is 2.18. The van der Waals surface area contributed by atoms with Crippen LogP contribution in [0.25, 0.3) is 0 Å². The number of rotatable bonds is 5. The van der Waals surface area contributed by atoms with Crippen LogP contribution in [0.1, 0.15) is 5.56 Å². The Bertz CT molecular complexity index is 720. The first-order chi connectivity index (χ1) is 9.88. The largest absolute Gasteiger partial charge is 0.396 e. The van der Waals surface area contributed by atoms with Crippen LogP contribution in [0.3, 0.4) is 0 Å². The van der Waals surface area contributed by atoms with E-state index in [0.717, 1.165) is 11.6 Å². The molecule has 2 aromatic rings. The van der Waals surface area contributed by atoms with Crippen LogP contribution in [0.15, 0.2) is 48.5 Å². The molecule has 7 heteroatoms. The molecular weight excluding hydrogens is 293 g/mol. The van der Waals surface area contributed by atoms with Gasteiger partial charge in [-0.1, -0.05) is 30.3 Å². The van der Waals surface area contributed by atoms with Gasteiger partial charge in [0.1, 0.15) is 5.82 Å².